The quantitative estimate of drug-likeness (QED) is 0.796. The molecule has 0 bridgehead atoms. The second-order valence-corrected chi connectivity index (χ2v) is 9.83. The minimum absolute atomic E-state index is 0.114. The molecule has 2 aliphatic rings. The summed E-state index contributed by atoms with van der Waals surface area (Å²) in [6, 6.07) is 6.10. The lowest BCUT2D eigenvalue weighted by Crippen LogP contribution is -2.48. The van der Waals surface area contributed by atoms with Crippen LogP contribution in [0.2, 0.25) is 0 Å². The van der Waals surface area contributed by atoms with Crippen LogP contribution < -0.4 is 15.0 Å². The lowest BCUT2D eigenvalue weighted by molar-refractivity contribution is 0.0934. The molecule has 0 radical (unpaired) electrons. The average molecular weight is 421 g/mol. The molecule has 3 heterocycles. The first-order valence-corrected chi connectivity index (χ1v) is 11.9. The third-order valence-electron chi connectivity index (χ3n) is 5.92. The highest BCUT2D eigenvalue weighted by Gasteiger charge is 2.26. The number of fused-ring (bicyclic) bond motifs is 1. The van der Waals surface area contributed by atoms with Crippen molar-refractivity contribution in [3.63, 3.8) is 0 Å². The summed E-state index contributed by atoms with van der Waals surface area (Å²) in [7, 11) is -1.59. The zero-order chi connectivity index (χ0) is 20.6. The van der Waals surface area contributed by atoms with Gasteiger partial charge in [-0.3, -0.25) is 4.79 Å². The Hall–Kier alpha value is -2.26. The Morgan fingerprint density at radius 3 is 2.45 bits per heavy atom. The molecule has 1 saturated heterocycles. The maximum Gasteiger partial charge on any atom is 0.256 e. The number of anilines is 1. The molecule has 2 aromatic rings. The summed E-state index contributed by atoms with van der Waals surface area (Å²) >= 11 is 0. The van der Waals surface area contributed by atoms with Crippen LogP contribution in [0.5, 0.6) is 5.75 Å². The molecule has 9 heteroatoms. The number of rotatable bonds is 5. The Balaban J connectivity index is 1.60. The number of hydrogen-bond acceptors (Lipinski definition) is 5. The maximum absolute atomic E-state index is 12.9. The summed E-state index contributed by atoms with van der Waals surface area (Å²) in [5, 5.41) is 3.13. The van der Waals surface area contributed by atoms with E-state index in [0.29, 0.717) is 37.5 Å². The molecule has 1 saturated carbocycles. The largest absolute Gasteiger partial charge is 0.496 e. The van der Waals surface area contributed by atoms with E-state index in [4.69, 9.17) is 4.74 Å². The van der Waals surface area contributed by atoms with Crippen LogP contribution in [0, 0.1) is 0 Å². The van der Waals surface area contributed by atoms with Crippen molar-refractivity contribution in [2.75, 3.05) is 44.4 Å². The van der Waals surface area contributed by atoms with Crippen molar-refractivity contribution in [1.29, 1.82) is 0 Å². The summed E-state index contributed by atoms with van der Waals surface area (Å²) in [4.78, 5) is 15.0. The van der Waals surface area contributed by atoms with E-state index in [9.17, 15) is 13.2 Å². The summed E-state index contributed by atoms with van der Waals surface area (Å²) < 4.78 is 32.5. The van der Waals surface area contributed by atoms with Crippen molar-refractivity contribution in [2.45, 2.75) is 31.7 Å². The van der Waals surface area contributed by atoms with Crippen LogP contribution in [0.25, 0.3) is 5.52 Å². The molecule has 2 aromatic heterocycles. The van der Waals surface area contributed by atoms with Gasteiger partial charge < -0.3 is 19.4 Å². The fourth-order valence-corrected chi connectivity index (χ4v) is 5.12. The van der Waals surface area contributed by atoms with Crippen molar-refractivity contribution in [3.05, 3.63) is 30.0 Å². The molecular weight excluding hydrogens is 392 g/mol. The molecule has 1 aliphatic heterocycles. The number of sulfonamides is 1. The van der Waals surface area contributed by atoms with Crippen LogP contribution in [0.4, 0.5) is 5.82 Å². The number of pyridine rings is 1. The Morgan fingerprint density at radius 2 is 1.83 bits per heavy atom. The maximum atomic E-state index is 12.9. The first-order chi connectivity index (χ1) is 13.9. The molecular formula is C20H28N4O4S. The van der Waals surface area contributed by atoms with Gasteiger partial charge in [-0.25, -0.2) is 8.42 Å². The van der Waals surface area contributed by atoms with Crippen LogP contribution in [0.15, 0.2) is 24.4 Å². The minimum atomic E-state index is -3.17. The summed E-state index contributed by atoms with van der Waals surface area (Å²) in [5.74, 6) is 1.39. The zero-order valence-electron chi connectivity index (χ0n) is 16.9. The van der Waals surface area contributed by atoms with Crippen molar-refractivity contribution in [1.82, 2.24) is 14.0 Å². The Labute approximate surface area is 171 Å². The standard InChI is InChI=1S/C20H28N4O4S/c1-28-18-13-16-7-8-19(22-9-11-23(12-10-22)29(2,26)27)24(16)14-17(18)20(25)21-15-5-3-4-6-15/h7-8,13-15H,3-6,9-12H2,1-2H3,(H,21,25). The van der Waals surface area contributed by atoms with Gasteiger partial charge in [0.05, 0.1) is 24.4 Å². The second-order valence-electron chi connectivity index (χ2n) is 7.85. The van der Waals surface area contributed by atoms with E-state index in [1.807, 2.05) is 28.8 Å². The van der Waals surface area contributed by atoms with Crippen LogP contribution in [0.1, 0.15) is 36.0 Å². The van der Waals surface area contributed by atoms with Gasteiger partial charge in [0.1, 0.15) is 11.6 Å². The van der Waals surface area contributed by atoms with E-state index in [-0.39, 0.29) is 11.9 Å². The molecule has 4 rings (SSSR count). The van der Waals surface area contributed by atoms with Gasteiger partial charge in [-0.2, -0.15) is 4.31 Å². The van der Waals surface area contributed by atoms with Crippen molar-refractivity contribution in [2.24, 2.45) is 0 Å². The second kappa shape index (κ2) is 7.87. The van der Waals surface area contributed by atoms with Crippen molar-refractivity contribution >= 4 is 27.3 Å². The van der Waals surface area contributed by atoms with Gasteiger partial charge in [-0.15, -0.1) is 0 Å². The molecule has 0 aromatic carbocycles. The Morgan fingerprint density at radius 1 is 1.14 bits per heavy atom. The third kappa shape index (κ3) is 4.06. The SMILES string of the molecule is COc1cc2ccc(N3CCN(S(C)(=O)=O)CC3)n2cc1C(=O)NC1CCCC1. The monoisotopic (exact) mass is 420 g/mol. The van der Waals surface area contributed by atoms with Crippen LogP contribution in [-0.2, 0) is 10.0 Å². The number of methoxy groups -OCH3 is 1. The van der Waals surface area contributed by atoms with E-state index < -0.39 is 10.0 Å². The van der Waals surface area contributed by atoms with E-state index >= 15 is 0 Å². The molecule has 1 N–H and O–H groups in total. The van der Waals surface area contributed by atoms with Crippen LogP contribution in [-0.4, -0.2) is 68.6 Å². The first kappa shape index (κ1) is 20.0. The number of nitrogens with one attached hydrogen (secondary N) is 1. The lowest BCUT2D eigenvalue weighted by atomic mass is 10.2. The highest BCUT2D eigenvalue weighted by Crippen LogP contribution is 2.28. The van der Waals surface area contributed by atoms with Crippen LogP contribution in [0.3, 0.4) is 0 Å². The minimum Gasteiger partial charge on any atom is -0.496 e. The zero-order valence-corrected chi connectivity index (χ0v) is 17.7. The van der Waals surface area contributed by atoms with Crippen molar-refractivity contribution in [3.8, 4) is 5.75 Å². The molecule has 158 valence electrons. The number of ether oxygens (including phenoxy) is 1. The predicted octanol–water partition coefficient (Wildman–Crippen LogP) is 1.70. The molecule has 1 amide bonds. The molecule has 0 spiro atoms. The van der Waals surface area contributed by atoms with Gasteiger partial charge in [0.25, 0.3) is 5.91 Å². The van der Waals surface area contributed by atoms with Crippen LogP contribution >= 0.6 is 0 Å². The molecule has 29 heavy (non-hydrogen) atoms. The van der Waals surface area contributed by atoms with Gasteiger partial charge >= 0.3 is 0 Å². The molecule has 0 unspecified atom stereocenters. The molecule has 0 atom stereocenters. The number of piperazine rings is 1. The number of hydrogen-bond donors (Lipinski definition) is 1. The van der Waals surface area contributed by atoms with Gasteiger partial charge in [0.2, 0.25) is 10.0 Å². The van der Waals surface area contributed by atoms with Gasteiger partial charge in [-0.1, -0.05) is 12.8 Å². The Bertz CT molecular complexity index is 1000. The van der Waals surface area contributed by atoms with E-state index in [1.165, 1.54) is 10.6 Å². The average Bonchev–Trinajstić information content (AvgIpc) is 3.35. The number of carbonyl (C=O) groups is 1. The van der Waals surface area contributed by atoms with E-state index in [2.05, 4.69) is 10.2 Å². The van der Waals surface area contributed by atoms with Gasteiger partial charge in [0, 0.05) is 44.5 Å². The summed E-state index contributed by atoms with van der Waals surface area (Å²) in [6.45, 7) is 2.12. The fraction of sp³-hybridized carbons (Fsp3) is 0.550. The fourth-order valence-electron chi connectivity index (χ4n) is 4.30. The molecule has 8 nitrogen and oxygen atoms in total. The number of carbonyl (C=O) groups excluding carboxylic acids is 1. The van der Waals surface area contributed by atoms with E-state index in [1.54, 1.807) is 7.11 Å². The summed E-state index contributed by atoms with van der Waals surface area (Å²) in [6.07, 6.45) is 7.43. The van der Waals surface area contributed by atoms with E-state index in [0.717, 1.165) is 37.0 Å². The Kier molecular flexibility index (Phi) is 5.44. The molecule has 1 aliphatic carbocycles. The number of amides is 1. The highest BCUT2D eigenvalue weighted by molar-refractivity contribution is 7.88. The lowest BCUT2D eigenvalue weighted by Gasteiger charge is -2.34. The van der Waals surface area contributed by atoms with Crippen molar-refractivity contribution < 1.29 is 17.9 Å². The normalized spacial score (nSPS) is 19.0. The van der Waals surface area contributed by atoms with Gasteiger partial charge in [0.15, 0.2) is 0 Å². The van der Waals surface area contributed by atoms with Gasteiger partial charge in [-0.05, 0) is 25.0 Å². The summed E-state index contributed by atoms with van der Waals surface area (Å²) in [5.41, 5.74) is 1.44. The smallest absolute Gasteiger partial charge is 0.256 e. The first-order valence-electron chi connectivity index (χ1n) is 10.1. The number of aromatic nitrogens is 1. The topological polar surface area (TPSA) is 83.4 Å². The molecule has 2 fully saturated rings. The highest BCUT2D eigenvalue weighted by atomic mass is 32.2. The third-order valence-corrected chi connectivity index (χ3v) is 7.22. The number of nitrogens with zero attached hydrogens (tertiary/aromatic N) is 3. The predicted molar refractivity (Wildman–Crippen MR) is 112 cm³/mol.